The number of ether oxygens (including phenoxy) is 2. The molecule has 0 aliphatic carbocycles. The van der Waals surface area contributed by atoms with Crippen molar-refractivity contribution in [1.29, 1.82) is 0 Å². The zero-order chi connectivity index (χ0) is 17.0. The largest absolute Gasteiger partial charge is 0.497 e. The van der Waals surface area contributed by atoms with E-state index in [-0.39, 0.29) is 22.0 Å². The molecule has 0 heterocycles. The van der Waals surface area contributed by atoms with E-state index in [1.807, 2.05) is 0 Å². The monoisotopic (exact) mass is 338 g/mol. The van der Waals surface area contributed by atoms with Crippen molar-refractivity contribution >= 4 is 21.4 Å². The SMILES string of the molecule is COc1ccc(NS(=O)(=O)c2cccc([N+](=O)[O-])c2)c(OC)c1. The molecule has 2 rings (SSSR count). The summed E-state index contributed by atoms with van der Waals surface area (Å²) in [5.74, 6) is 0.763. The summed E-state index contributed by atoms with van der Waals surface area (Å²) in [5, 5.41) is 10.8. The fraction of sp³-hybridized carbons (Fsp3) is 0.143. The van der Waals surface area contributed by atoms with Crippen molar-refractivity contribution in [3.05, 3.63) is 52.6 Å². The molecule has 2 aromatic rings. The summed E-state index contributed by atoms with van der Waals surface area (Å²) in [6, 6.07) is 9.33. The van der Waals surface area contributed by atoms with Gasteiger partial charge in [0.15, 0.2) is 0 Å². The summed E-state index contributed by atoms with van der Waals surface area (Å²) >= 11 is 0. The number of anilines is 1. The lowest BCUT2D eigenvalue weighted by Gasteiger charge is -2.13. The third-order valence-corrected chi connectivity index (χ3v) is 4.35. The van der Waals surface area contributed by atoms with E-state index < -0.39 is 14.9 Å². The van der Waals surface area contributed by atoms with Gasteiger partial charge in [0.2, 0.25) is 0 Å². The Balaban J connectivity index is 2.38. The van der Waals surface area contributed by atoms with E-state index in [2.05, 4.69) is 4.72 Å². The van der Waals surface area contributed by atoms with Gasteiger partial charge in [-0.3, -0.25) is 14.8 Å². The second kappa shape index (κ2) is 6.53. The highest BCUT2D eigenvalue weighted by Crippen LogP contribution is 2.31. The fourth-order valence-electron chi connectivity index (χ4n) is 1.85. The highest BCUT2D eigenvalue weighted by atomic mass is 32.2. The van der Waals surface area contributed by atoms with Crippen molar-refractivity contribution in [3.8, 4) is 11.5 Å². The normalized spacial score (nSPS) is 10.9. The summed E-state index contributed by atoms with van der Waals surface area (Å²) in [5.41, 5.74) is -0.116. The first kappa shape index (κ1) is 16.6. The van der Waals surface area contributed by atoms with Gasteiger partial charge in [0.25, 0.3) is 15.7 Å². The van der Waals surface area contributed by atoms with Crippen molar-refractivity contribution in [1.82, 2.24) is 0 Å². The third kappa shape index (κ3) is 3.69. The zero-order valence-corrected chi connectivity index (χ0v) is 13.2. The molecule has 0 saturated heterocycles. The molecule has 122 valence electrons. The average molecular weight is 338 g/mol. The van der Waals surface area contributed by atoms with Gasteiger partial charge in [0, 0.05) is 18.2 Å². The Morgan fingerprint density at radius 2 is 1.83 bits per heavy atom. The maximum Gasteiger partial charge on any atom is 0.270 e. The van der Waals surface area contributed by atoms with E-state index in [0.29, 0.717) is 5.75 Å². The third-order valence-electron chi connectivity index (χ3n) is 2.99. The van der Waals surface area contributed by atoms with Crippen LogP contribution in [0.15, 0.2) is 47.4 Å². The predicted molar refractivity (Wildman–Crippen MR) is 83.5 cm³/mol. The van der Waals surface area contributed by atoms with Crippen LogP contribution in [0.4, 0.5) is 11.4 Å². The Morgan fingerprint density at radius 1 is 1.09 bits per heavy atom. The van der Waals surface area contributed by atoms with Gasteiger partial charge >= 0.3 is 0 Å². The second-order valence-corrected chi connectivity index (χ2v) is 6.11. The van der Waals surface area contributed by atoms with Crippen LogP contribution < -0.4 is 14.2 Å². The molecule has 0 bridgehead atoms. The molecule has 0 aliphatic rings. The average Bonchev–Trinajstić information content (AvgIpc) is 2.55. The minimum absolute atomic E-state index is 0.194. The lowest BCUT2D eigenvalue weighted by molar-refractivity contribution is -0.385. The Morgan fingerprint density at radius 3 is 2.43 bits per heavy atom. The Hall–Kier alpha value is -2.81. The molecule has 23 heavy (non-hydrogen) atoms. The molecular weight excluding hydrogens is 324 g/mol. The minimum Gasteiger partial charge on any atom is -0.497 e. The Bertz CT molecular complexity index is 835. The van der Waals surface area contributed by atoms with E-state index >= 15 is 0 Å². The van der Waals surface area contributed by atoms with E-state index in [4.69, 9.17) is 9.47 Å². The molecule has 0 saturated carbocycles. The number of sulfonamides is 1. The number of nitrogens with one attached hydrogen (secondary N) is 1. The number of hydrogen-bond donors (Lipinski definition) is 1. The van der Waals surface area contributed by atoms with Crippen molar-refractivity contribution in [2.45, 2.75) is 4.90 Å². The molecule has 8 nitrogen and oxygen atoms in total. The number of methoxy groups -OCH3 is 2. The first-order valence-corrected chi connectivity index (χ1v) is 7.85. The second-order valence-electron chi connectivity index (χ2n) is 4.43. The molecule has 1 N–H and O–H groups in total. The van der Waals surface area contributed by atoms with Crippen LogP contribution in [0.2, 0.25) is 0 Å². The number of benzene rings is 2. The number of hydrogen-bond acceptors (Lipinski definition) is 6. The maximum atomic E-state index is 12.4. The van der Waals surface area contributed by atoms with Gasteiger partial charge in [-0.05, 0) is 18.2 Å². The van der Waals surface area contributed by atoms with Gasteiger partial charge in [-0.15, -0.1) is 0 Å². The molecule has 0 amide bonds. The van der Waals surface area contributed by atoms with E-state index in [1.54, 1.807) is 6.07 Å². The Labute approximate surface area is 132 Å². The van der Waals surface area contributed by atoms with Gasteiger partial charge < -0.3 is 9.47 Å². The van der Waals surface area contributed by atoms with Gasteiger partial charge in [-0.2, -0.15) is 0 Å². The highest BCUT2D eigenvalue weighted by molar-refractivity contribution is 7.92. The van der Waals surface area contributed by atoms with Crippen LogP contribution in [-0.4, -0.2) is 27.6 Å². The summed E-state index contributed by atoms with van der Waals surface area (Å²) in [6.07, 6.45) is 0. The molecule has 9 heteroatoms. The van der Waals surface area contributed by atoms with E-state index in [9.17, 15) is 18.5 Å². The van der Waals surface area contributed by atoms with Crippen molar-refractivity contribution in [3.63, 3.8) is 0 Å². The zero-order valence-electron chi connectivity index (χ0n) is 12.3. The molecular formula is C14H14N2O6S. The van der Waals surface area contributed by atoms with Gasteiger partial charge in [-0.1, -0.05) is 6.07 Å². The van der Waals surface area contributed by atoms with E-state index in [1.165, 1.54) is 44.6 Å². The standard InChI is InChI=1S/C14H14N2O6S/c1-21-11-6-7-13(14(9-11)22-2)15-23(19,20)12-5-3-4-10(8-12)16(17)18/h3-9,15H,1-2H3. The van der Waals surface area contributed by atoms with Gasteiger partial charge in [-0.25, -0.2) is 8.42 Å². The number of non-ortho nitro benzene ring substituents is 1. The highest BCUT2D eigenvalue weighted by Gasteiger charge is 2.19. The summed E-state index contributed by atoms with van der Waals surface area (Å²) in [4.78, 5) is 9.89. The maximum absolute atomic E-state index is 12.4. The summed E-state index contributed by atoms with van der Waals surface area (Å²) in [6.45, 7) is 0. The van der Waals surface area contributed by atoms with Crippen LogP contribution in [0.5, 0.6) is 11.5 Å². The first-order valence-electron chi connectivity index (χ1n) is 6.36. The molecule has 0 aliphatic heterocycles. The predicted octanol–water partition coefficient (Wildman–Crippen LogP) is 2.41. The topological polar surface area (TPSA) is 108 Å². The molecule has 0 spiro atoms. The quantitative estimate of drug-likeness (QED) is 0.640. The summed E-state index contributed by atoms with van der Waals surface area (Å²) < 4.78 is 37.3. The first-order chi connectivity index (χ1) is 10.9. The minimum atomic E-state index is -4.00. The van der Waals surface area contributed by atoms with Gasteiger partial charge in [0.1, 0.15) is 11.5 Å². The number of nitro benzene ring substituents is 1. The molecule has 0 atom stereocenters. The van der Waals surface area contributed by atoms with Crippen molar-refractivity contribution in [2.75, 3.05) is 18.9 Å². The van der Waals surface area contributed by atoms with Crippen LogP contribution in [0.1, 0.15) is 0 Å². The van der Waals surface area contributed by atoms with Crippen LogP contribution in [0.3, 0.4) is 0 Å². The molecule has 0 aromatic heterocycles. The smallest absolute Gasteiger partial charge is 0.270 e. The van der Waals surface area contributed by atoms with Crippen LogP contribution in [-0.2, 0) is 10.0 Å². The lowest BCUT2D eigenvalue weighted by Crippen LogP contribution is -2.13. The van der Waals surface area contributed by atoms with Crippen LogP contribution >= 0.6 is 0 Å². The molecule has 0 fully saturated rings. The molecule has 0 unspecified atom stereocenters. The van der Waals surface area contributed by atoms with Crippen LogP contribution in [0, 0.1) is 10.1 Å². The summed E-state index contributed by atoms with van der Waals surface area (Å²) in [7, 11) is -1.13. The molecule has 2 aromatic carbocycles. The van der Waals surface area contributed by atoms with Gasteiger partial charge in [0.05, 0.1) is 29.7 Å². The van der Waals surface area contributed by atoms with Crippen molar-refractivity contribution < 1.29 is 22.8 Å². The number of rotatable bonds is 6. The number of nitrogens with zero attached hydrogens (tertiary/aromatic N) is 1. The fourth-order valence-corrected chi connectivity index (χ4v) is 2.96. The van der Waals surface area contributed by atoms with E-state index in [0.717, 1.165) is 6.07 Å². The molecule has 0 radical (unpaired) electrons. The van der Waals surface area contributed by atoms with Crippen molar-refractivity contribution in [2.24, 2.45) is 0 Å². The Kier molecular flexibility index (Phi) is 4.70. The number of nitro groups is 1. The lowest BCUT2D eigenvalue weighted by atomic mass is 10.3. The van der Waals surface area contributed by atoms with Crippen LogP contribution in [0.25, 0.3) is 0 Å².